The van der Waals surface area contributed by atoms with Crippen LogP contribution in [0.1, 0.15) is 85.1 Å². The van der Waals surface area contributed by atoms with E-state index in [4.69, 9.17) is 10.8 Å². The van der Waals surface area contributed by atoms with Gasteiger partial charge in [-0.25, -0.2) is 9.78 Å². The third-order valence-electron chi connectivity index (χ3n) is 11.6. The molecule has 59 heavy (non-hydrogen) atoms. The summed E-state index contributed by atoms with van der Waals surface area (Å²) in [5.41, 5.74) is 10.4. The van der Waals surface area contributed by atoms with Crippen LogP contribution in [0, 0.1) is 24.7 Å². The fourth-order valence-corrected chi connectivity index (χ4v) is 7.87. The lowest BCUT2D eigenvalue weighted by molar-refractivity contribution is -0.231. The number of carbonyl (C=O) groups is 4. The Labute approximate surface area is 338 Å². The number of nitrogens with zero attached hydrogens (tertiary/aromatic N) is 2. The maximum atomic E-state index is 14.3. The van der Waals surface area contributed by atoms with Crippen LogP contribution in [0.25, 0.3) is 22.5 Å². The smallest absolute Gasteiger partial charge is 0.411 e. The largest absolute Gasteiger partial charge is 0.477 e. The number of carboxylic acids is 1. The number of carbonyl (C=O) groups excluding carboxylic acids is 3. The number of aryl methyl sites for hydroxylation is 1. The van der Waals surface area contributed by atoms with E-state index in [-0.39, 0.29) is 48.2 Å². The topological polar surface area (TPSA) is 200 Å². The van der Waals surface area contributed by atoms with Crippen LogP contribution in [-0.2, 0) is 26.7 Å². The normalized spacial score (nSPS) is 20.4. The van der Waals surface area contributed by atoms with Crippen LogP contribution in [0.3, 0.4) is 0 Å². The number of aliphatic hydroxyl groups excluding tert-OH is 1. The lowest BCUT2D eigenvalue weighted by atomic mass is 9.77. The number of alkyl halides is 4. The van der Waals surface area contributed by atoms with E-state index in [1.54, 1.807) is 11.2 Å². The predicted molar refractivity (Wildman–Crippen MR) is 211 cm³/mol. The first-order valence-corrected chi connectivity index (χ1v) is 19.8. The van der Waals surface area contributed by atoms with Gasteiger partial charge in [-0.1, -0.05) is 30.3 Å². The zero-order valence-electron chi connectivity index (χ0n) is 32.5. The molecule has 2 saturated carbocycles. The standard InChI is InChI=1S/C43H48F4N6O6/c1-24-20-30(38(56)49-33-15-17-34(54)18-16-33)12-19-35(24)27-6-2-25(3-7-27)21-31(22-36(55)28-8-4-26(23-48)5-9-28)39(57)50-32-13-10-29(11-14-32)37-51-40(53-52-37)42(44,45)43(46,47)41(58)59/h2-3,6-7,10-14,19-20,26,28,31,33-34,54H,4-5,8-9,15-18,21-23,48H2,1H3,(H,49,56)(H,50,57)(H,58,59)(H,51,52,53)/t26?,28?,31-,33?,34?/m1/s1. The molecule has 0 bridgehead atoms. The van der Waals surface area contributed by atoms with Gasteiger partial charge in [-0.3, -0.25) is 19.5 Å². The van der Waals surface area contributed by atoms with Gasteiger partial charge in [-0.2, -0.15) is 22.7 Å². The molecule has 1 atom stereocenters. The second-order valence-corrected chi connectivity index (χ2v) is 15.8. The Balaban J connectivity index is 1.14. The molecule has 0 saturated heterocycles. The Morgan fingerprint density at radius 1 is 0.881 bits per heavy atom. The number of ketones is 1. The van der Waals surface area contributed by atoms with E-state index in [2.05, 4.69) is 20.7 Å². The molecule has 0 radical (unpaired) electrons. The van der Waals surface area contributed by atoms with E-state index >= 15 is 0 Å². The summed E-state index contributed by atoms with van der Waals surface area (Å²) in [5.74, 6) is -16.8. The number of halogens is 4. The Hall–Kier alpha value is -5.48. The number of nitrogens with one attached hydrogen (secondary N) is 3. The van der Waals surface area contributed by atoms with Gasteiger partial charge in [0, 0.05) is 41.1 Å². The van der Waals surface area contributed by atoms with Gasteiger partial charge in [-0.05, 0) is 136 Å². The Bertz CT molecular complexity index is 2130. The number of benzene rings is 3. The van der Waals surface area contributed by atoms with E-state index in [1.165, 1.54) is 24.3 Å². The number of anilines is 1. The number of rotatable bonds is 15. The number of amides is 2. The van der Waals surface area contributed by atoms with Crippen molar-refractivity contribution in [1.29, 1.82) is 0 Å². The highest BCUT2D eigenvalue weighted by molar-refractivity contribution is 5.96. The maximum Gasteiger partial charge on any atom is 0.411 e. The minimum atomic E-state index is -5.44. The lowest BCUT2D eigenvalue weighted by Gasteiger charge is -2.27. The maximum absolute atomic E-state index is 14.3. The third-order valence-corrected chi connectivity index (χ3v) is 11.6. The van der Waals surface area contributed by atoms with Crippen LogP contribution >= 0.6 is 0 Å². The Morgan fingerprint density at radius 3 is 2.14 bits per heavy atom. The molecular formula is C43H48F4N6O6. The molecule has 2 aliphatic carbocycles. The lowest BCUT2D eigenvalue weighted by Crippen LogP contribution is -2.45. The first-order valence-electron chi connectivity index (χ1n) is 19.8. The number of hydrogen-bond donors (Lipinski definition) is 6. The van der Waals surface area contributed by atoms with Gasteiger partial charge in [0.05, 0.1) is 6.10 Å². The molecule has 4 aromatic rings. The van der Waals surface area contributed by atoms with Crippen LogP contribution < -0.4 is 16.4 Å². The molecule has 6 rings (SSSR count). The number of carboxylic acid groups (broad SMARTS) is 1. The van der Waals surface area contributed by atoms with Gasteiger partial charge in [0.1, 0.15) is 5.78 Å². The molecule has 2 fully saturated rings. The summed E-state index contributed by atoms with van der Waals surface area (Å²) < 4.78 is 55.9. The van der Waals surface area contributed by atoms with E-state index in [9.17, 15) is 41.8 Å². The summed E-state index contributed by atoms with van der Waals surface area (Å²) >= 11 is 0. The van der Waals surface area contributed by atoms with Crippen LogP contribution in [0.5, 0.6) is 0 Å². The van der Waals surface area contributed by atoms with Crippen LogP contribution in [0.4, 0.5) is 23.2 Å². The Kier molecular flexibility index (Phi) is 13.3. The quantitative estimate of drug-likeness (QED) is 0.0697. The number of H-pyrrole nitrogens is 1. The van der Waals surface area contributed by atoms with Crippen molar-refractivity contribution < 1.29 is 47.0 Å². The van der Waals surface area contributed by atoms with E-state index in [1.807, 2.05) is 43.3 Å². The van der Waals surface area contributed by atoms with Gasteiger partial charge in [0.15, 0.2) is 5.82 Å². The zero-order valence-corrected chi connectivity index (χ0v) is 32.5. The SMILES string of the molecule is Cc1cc(C(=O)NC2CCC(O)CC2)ccc1-c1ccc(C[C@H](CC(=O)C2CCC(CN)CC2)C(=O)Nc2ccc(-c3n[nH]c(C(F)(F)C(F)(F)C(=O)O)n3)cc2)cc1. The molecule has 0 unspecified atom stereocenters. The number of hydrogen-bond acceptors (Lipinski definition) is 8. The predicted octanol–water partition coefficient (Wildman–Crippen LogP) is 6.81. The Morgan fingerprint density at radius 2 is 1.53 bits per heavy atom. The molecular weight excluding hydrogens is 773 g/mol. The van der Waals surface area contributed by atoms with Crippen LogP contribution in [0.2, 0.25) is 0 Å². The average Bonchev–Trinajstić information content (AvgIpc) is 3.73. The molecule has 7 N–H and O–H groups in total. The first kappa shape index (κ1) is 43.1. The molecule has 1 heterocycles. The molecule has 12 nitrogen and oxygen atoms in total. The first-order chi connectivity index (χ1) is 28.0. The summed E-state index contributed by atoms with van der Waals surface area (Å²) in [6.07, 6.45) is 5.87. The van der Waals surface area contributed by atoms with Crippen LogP contribution in [-0.4, -0.2) is 73.6 Å². The molecule has 2 amide bonds. The van der Waals surface area contributed by atoms with E-state index in [0.29, 0.717) is 49.4 Å². The zero-order chi connectivity index (χ0) is 42.5. The van der Waals surface area contributed by atoms with Gasteiger partial charge >= 0.3 is 17.8 Å². The van der Waals surface area contributed by atoms with Gasteiger partial charge in [0.2, 0.25) is 11.7 Å². The van der Waals surface area contributed by atoms with Crippen molar-refractivity contribution in [3.05, 3.63) is 89.2 Å². The van der Waals surface area contributed by atoms with E-state index < -0.39 is 41.3 Å². The van der Waals surface area contributed by atoms with E-state index in [0.717, 1.165) is 47.9 Å². The average molecular weight is 821 g/mol. The van der Waals surface area contributed by atoms with Gasteiger partial charge in [-0.15, -0.1) is 0 Å². The minimum Gasteiger partial charge on any atom is -0.477 e. The molecule has 0 aliphatic heterocycles. The number of Topliss-reactive ketones (excluding diaryl/α,β-unsaturated/α-hetero) is 1. The molecule has 0 spiro atoms. The molecule has 1 aromatic heterocycles. The summed E-state index contributed by atoms with van der Waals surface area (Å²) in [5, 5.41) is 29.5. The second kappa shape index (κ2) is 18.2. The minimum absolute atomic E-state index is 0.000827. The number of aliphatic hydroxyl groups is 1. The van der Waals surface area contributed by atoms with Crippen molar-refractivity contribution in [3.8, 4) is 22.5 Å². The fraction of sp³-hybridized carbons (Fsp3) is 0.442. The number of nitrogens with two attached hydrogens (primary N) is 1. The van der Waals surface area contributed by atoms with Crippen LogP contribution in [0.15, 0.2) is 66.7 Å². The van der Waals surface area contributed by atoms with Gasteiger partial charge < -0.3 is 26.6 Å². The number of aromatic amines is 1. The third kappa shape index (κ3) is 10.0. The molecule has 314 valence electrons. The molecule has 3 aromatic carbocycles. The highest BCUT2D eigenvalue weighted by Gasteiger charge is 2.65. The van der Waals surface area contributed by atoms with Crippen molar-refractivity contribution in [2.75, 3.05) is 11.9 Å². The summed E-state index contributed by atoms with van der Waals surface area (Å²) in [7, 11) is 0. The highest BCUT2D eigenvalue weighted by Crippen LogP contribution is 2.42. The summed E-state index contributed by atoms with van der Waals surface area (Å²) in [6.45, 7) is 2.50. The van der Waals surface area contributed by atoms with Crippen molar-refractivity contribution in [2.45, 2.75) is 95.1 Å². The molecule has 2 aliphatic rings. The van der Waals surface area contributed by atoms with Crippen molar-refractivity contribution in [1.82, 2.24) is 20.5 Å². The molecule has 16 heteroatoms. The van der Waals surface area contributed by atoms with Crippen molar-refractivity contribution in [3.63, 3.8) is 0 Å². The second-order valence-electron chi connectivity index (χ2n) is 15.8. The van der Waals surface area contributed by atoms with Gasteiger partial charge in [0.25, 0.3) is 5.91 Å². The number of aliphatic carboxylic acids is 1. The van der Waals surface area contributed by atoms with Crippen molar-refractivity contribution in [2.24, 2.45) is 23.5 Å². The highest BCUT2D eigenvalue weighted by atomic mass is 19.3. The monoisotopic (exact) mass is 820 g/mol. The summed E-state index contributed by atoms with van der Waals surface area (Å²) in [4.78, 5) is 54.6. The number of aromatic nitrogens is 3. The van der Waals surface area contributed by atoms with Crippen molar-refractivity contribution >= 4 is 29.3 Å². The summed E-state index contributed by atoms with van der Waals surface area (Å²) in [6, 6.07) is 18.9. The fourth-order valence-electron chi connectivity index (χ4n) is 7.87.